The number of urea groups is 1. The van der Waals surface area contributed by atoms with Crippen LogP contribution in [0.15, 0.2) is 121 Å². The van der Waals surface area contributed by atoms with Crippen LogP contribution >= 0.6 is 21.6 Å². The van der Waals surface area contributed by atoms with Gasteiger partial charge in [0, 0.05) is 60.5 Å². The minimum absolute atomic E-state index is 0.0582. The fourth-order valence-electron chi connectivity index (χ4n) is 8.54. The highest BCUT2D eigenvalue weighted by Gasteiger charge is 2.38. The smallest absolute Gasteiger partial charge is 0.344 e. The molecule has 4 aromatic carbocycles. The van der Waals surface area contributed by atoms with Crippen molar-refractivity contribution in [2.45, 2.75) is 100 Å². The molecule has 9 atom stereocenters. The van der Waals surface area contributed by atoms with Gasteiger partial charge in [0.2, 0.25) is 41.8 Å². The largest absolute Gasteiger partial charge is 0.480 e. The number of aliphatic hydroxyl groups excluding tert-OH is 2. The van der Waals surface area contributed by atoms with Crippen LogP contribution in [0.3, 0.4) is 0 Å². The number of aromatic nitrogens is 1. The van der Waals surface area contributed by atoms with E-state index in [1.165, 1.54) is 19.1 Å². The second kappa shape index (κ2) is 30.7. The highest BCUT2D eigenvalue weighted by Crippen LogP contribution is 2.24. The third-order valence-electron chi connectivity index (χ3n) is 13.0. The number of carboxylic acids is 1. The number of para-hydroxylation sites is 1. The molecule has 5 aromatic rings. The zero-order valence-electron chi connectivity index (χ0n) is 44.5. The van der Waals surface area contributed by atoms with E-state index in [0.29, 0.717) is 43.9 Å². The maximum absolute atomic E-state index is 15.1. The SMILES string of the molecule is C[C@@H](O)[C@@H]1NC(=O)[C@H](CCCCN)NC(=O)[C@@H](Cc2c[nH]c3ccccc23)NN(C(=O)N(C)C(=O)c2ccccc2)[C@@H](O)NC(=O)[C@H](Cc2ccccc2)NC(=O)[C@H](N)CSSC[C@@H](C(=O)O)NC(=O)[C@H](Cc2ccccc2)NC1=O. The number of nitrogens with zero attached hydrogens (tertiary/aromatic N) is 2. The first-order valence-corrected chi connectivity index (χ1v) is 28.5. The summed E-state index contributed by atoms with van der Waals surface area (Å²) in [6.45, 7) is 1.40. The standard InChI is InChI=1S/C55H68N12O12S2/c1-32(68)45-51(74)61-41(26-33-16-6-3-7-17-33)48(71)62-44(53(76)77)31-81-80-30-38(57)46(69)60-42(27-34-18-8-4-9-19-34)49(72)64-54(78)67(55(79)66(2)52(75)35-20-10-5-11-21-35)65-43(28-36-29-58-39-23-13-12-22-37(36)39)50(73)59-40(47(70)63-45)24-14-15-25-56/h3-13,16-23,29,32,38,40-45,54,58,65,68,78H,14-15,24-28,30-31,56-57H2,1-2H3,(H,59,73)(H,60,69)(H,61,74)(H,62,71)(H,63,70)(H,64,72)(H,76,77)/t32-,38-,40+,41+,42+,43-,44+,45+,54+/m1/s1. The first-order valence-electron chi connectivity index (χ1n) is 26.0. The fourth-order valence-corrected chi connectivity index (χ4v) is 10.8. The molecule has 9 amide bonds. The number of carbonyl (C=O) groups is 9. The van der Waals surface area contributed by atoms with Crippen LogP contribution in [0.2, 0.25) is 0 Å². The summed E-state index contributed by atoms with van der Waals surface area (Å²) < 4.78 is 0. The van der Waals surface area contributed by atoms with Crippen molar-refractivity contribution in [1.29, 1.82) is 0 Å². The lowest BCUT2D eigenvalue weighted by molar-refractivity contribution is -0.141. The van der Waals surface area contributed by atoms with Gasteiger partial charge >= 0.3 is 12.0 Å². The summed E-state index contributed by atoms with van der Waals surface area (Å²) in [5, 5.41) is 49.7. The van der Waals surface area contributed by atoms with Crippen molar-refractivity contribution in [3.63, 3.8) is 0 Å². The summed E-state index contributed by atoms with van der Waals surface area (Å²) in [5.41, 5.74) is 17.2. The summed E-state index contributed by atoms with van der Waals surface area (Å²) in [4.78, 5) is 131. The van der Waals surface area contributed by atoms with Crippen molar-refractivity contribution in [1.82, 2.24) is 52.2 Å². The molecule has 26 heteroatoms. The van der Waals surface area contributed by atoms with Crippen molar-refractivity contribution in [3.05, 3.63) is 144 Å². The number of nitrogens with two attached hydrogens (primary N) is 2. The molecule has 1 aliphatic rings. The molecule has 432 valence electrons. The van der Waals surface area contributed by atoms with Crippen LogP contribution in [-0.2, 0) is 52.8 Å². The van der Waals surface area contributed by atoms with Gasteiger partial charge in [-0.2, -0.15) is 0 Å². The number of amides is 9. The lowest BCUT2D eigenvalue weighted by Crippen LogP contribution is -2.67. The molecule has 1 saturated heterocycles. The number of nitrogens with one attached hydrogen (secondary N) is 8. The predicted octanol–water partition coefficient (Wildman–Crippen LogP) is 0.396. The average Bonchev–Trinajstić information content (AvgIpc) is 4.10. The quantitative estimate of drug-likeness (QED) is 0.0560. The summed E-state index contributed by atoms with van der Waals surface area (Å²) >= 11 is 0. The Labute approximate surface area is 475 Å². The Bertz CT molecular complexity index is 2960. The molecule has 0 spiro atoms. The summed E-state index contributed by atoms with van der Waals surface area (Å²) in [7, 11) is 3.06. The number of aromatic amines is 1. The van der Waals surface area contributed by atoms with E-state index in [1.54, 1.807) is 109 Å². The first-order chi connectivity index (χ1) is 38.8. The van der Waals surface area contributed by atoms with Crippen LogP contribution in [0, 0.1) is 0 Å². The molecule has 2 heterocycles. The van der Waals surface area contributed by atoms with Crippen molar-refractivity contribution in [2.24, 2.45) is 11.5 Å². The lowest BCUT2D eigenvalue weighted by Gasteiger charge is -2.35. The molecule has 24 nitrogen and oxygen atoms in total. The first kappa shape index (κ1) is 62.3. The molecule has 1 aliphatic heterocycles. The zero-order valence-corrected chi connectivity index (χ0v) is 46.1. The van der Waals surface area contributed by atoms with Gasteiger partial charge in [0.1, 0.15) is 36.3 Å². The van der Waals surface area contributed by atoms with Crippen LogP contribution in [0.5, 0.6) is 0 Å². The molecule has 6 rings (SSSR count). The van der Waals surface area contributed by atoms with Gasteiger partial charge in [-0.1, -0.05) is 119 Å². The van der Waals surface area contributed by atoms with Gasteiger partial charge in [0.05, 0.1) is 12.1 Å². The molecular weight excluding hydrogens is 1080 g/mol. The predicted molar refractivity (Wildman–Crippen MR) is 304 cm³/mol. The van der Waals surface area contributed by atoms with Crippen LogP contribution < -0.4 is 48.8 Å². The summed E-state index contributed by atoms with van der Waals surface area (Å²) in [5.74, 6) is -8.50. The van der Waals surface area contributed by atoms with E-state index < -0.39 is 108 Å². The number of fused-ring (bicyclic) bond motifs is 1. The van der Waals surface area contributed by atoms with Crippen LogP contribution in [0.1, 0.15) is 53.2 Å². The Hall–Kier alpha value is -7.85. The Morgan fingerprint density at radius 1 is 0.654 bits per heavy atom. The minimum Gasteiger partial charge on any atom is -0.480 e. The minimum atomic E-state index is -2.41. The van der Waals surface area contributed by atoms with Crippen LogP contribution in [-0.4, -0.2) is 163 Å². The summed E-state index contributed by atoms with van der Waals surface area (Å²) in [6.07, 6.45) is -2.53. The number of hydrazine groups is 1. The third kappa shape index (κ3) is 18.1. The number of hydrogen-bond donors (Lipinski definition) is 13. The van der Waals surface area contributed by atoms with E-state index in [-0.39, 0.29) is 55.7 Å². The van der Waals surface area contributed by atoms with E-state index in [2.05, 4.69) is 42.3 Å². The molecule has 0 saturated carbocycles. The third-order valence-corrected chi connectivity index (χ3v) is 15.5. The highest BCUT2D eigenvalue weighted by molar-refractivity contribution is 8.76. The van der Waals surface area contributed by atoms with Gasteiger partial charge < -0.3 is 63.7 Å². The molecule has 0 aliphatic carbocycles. The van der Waals surface area contributed by atoms with Gasteiger partial charge in [-0.15, -0.1) is 0 Å². The number of carboxylic acid groups (broad SMARTS) is 1. The number of rotatable bonds is 13. The molecule has 81 heavy (non-hydrogen) atoms. The monoisotopic (exact) mass is 1150 g/mol. The lowest BCUT2D eigenvalue weighted by atomic mass is 10.0. The van der Waals surface area contributed by atoms with Crippen molar-refractivity contribution < 1.29 is 58.5 Å². The fraction of sp³-hybridized carbons (Fsp3) is 0.364. The van der Waals surface area contributed by atoms with Crippen LogP contribution in [0.4, 0.5) is 4.79 Å². The zero-order chi connectivity index (χ0) is 58.6. The molecule has 15 N–H and O–H groups in total. The second-order valence-corrected chi connectivity index (χ2v) is 21.7. The second-order valence-electron chi connectivity index (χ2n) is 19.2. The van der Waals surface area contributed by atoms with Gasteiger partial charge in [-0.05, 0) is 67.6 Å². The van der Waals surface area contributed by atoms with Gasteiger partial charge in [-0.25, -0.2) is 20.0 Å². The Morgan fingerprint density at radius 3 is 1.79 bits per heavy atom. The number of unbranched alkanes of at least 4 members (excludes halogenated alkanes) is 1. The average molecular weight is 1150 g/mol. The number of aliphatic carboxylic acids is 1. The number of H-pyrrole nitrogens is 1. The van der Waals surface area contributed by atoms with E-state index in [9.17, 15) is 53.7 Å². The number of carbonyl (C=O) groups excluding carboxylic acids is 8. The maximum atomic E-state index is 15.1. The van der Waals surface area contributed by atoms with Crippen molar-refractivity contribution in [2.75, 3.05) is 25.1 Å². The van der Waals surface area contributed by atoms with Gasteiger partial charge in [0.15, 0.2) is 0 Å². The molecule has 1 aromatic heterocycles. The molecule has 0 radical (unpaired) electrons. The molecular formula is C55H68N12O12S2. The maximum Gasteiger partial charge on any atom is 0.344 e. The summed E-state index contributed by atoms with van der Waals surface area (Å²) in [6, 6.07) is 19.6. The molecule has 0 unspecified atom stereocenters. The van der Waals surface area contributed by atoms with E-state index >= 15 is 4.79 Å². The number of aliphatic hydroxyl groups is 2. The normalized spacial score (nSPS) is 22.9. The highest BCUT2D eigenvalue weighted by atomic mass is 33.1. The van der Waals surface area contributed by atoms with E-state index in [1.807, 2.05) is 0 Å². The van der Waals surface area contributed by atoms with Crippen molar-refractivity contribution in [3.8, 4) is 0 Å². The number of benzene rings is 4. The van der Waals surface area contributed by atoms with Gasteiger partial charge in [0.25, 0.3) is 5.91 Å². The number of hydrogen-bond acceptors (Lipinski definition) is 16. The number of imide groups is 1. The Kier molecular flexibility index (Phi) is 23.6. The Morgan fingerprint density at radius 2 is 1.19 bits per heavy atom. The molecule has 1 fully saturated rings. The topological polar surface area (TPSA) is 373 Å². The van der Waals surface area contributed by atoms with E-state index in [0.717, 1.165) is 28.6 Å². The van der Waals surface area contributed by atoms with E-state index in [4.69, 9.17) is 11.5 Å². The van der Waals surface area contributed by atoms with Crippen LogP contribution in [0.25, 0.3) is 10.9 Å². The van der Waals surface area contributed by atoms with Gasteiger partial charge in [-0.3, -0.25) is 38.5 Å². The molecule has 0 bridgehead atoms. The van der Waals surface area contributed by atoms with Crippen molar-refractivity contribution >= 4 is 85.8 Å². The Balaban J connectivity index is 1.44.